The van der Waals surface area contributed by atoms with Crippen LogP contribution in [0.3, 0.4) is 0 Å². The van der Waals surface area contributed by atoms with Gasteiger partial charge in [0.2, 0.25) is 0 Å². The number of nitrogens with zero attached hydrogens (tertiary/aromatic N) is 1. The second-order valence-electron chi connectivity index (χ2n) is 5.65. The third-order valence-corrected chi connectivity index (χ3v) is 3.81. The normalized spacial score (nSPS) is 15.3. The Morgan fingerprint density at radius 3 is 2.75 bits per heavy atom. The third-order valence-electron chi connectivity index (χ3n) is 3.81. The van der Waals surface area contributed by atoms with Gasteiger partial charge >= 0.3 is 5.97 Å². The Bertz CT molecular complexity index is 821. The standard InChI is InChI=1S/C20H19NO3/c1-14-6-5-7-15(12-14)13-17-20(22)24-19(21-17)11-10-16-8-3-4-9-18(16)23-2/h3-9,12-13H,10-11H2,1-2H3/b17-13+. The first kappa shape index (κ1) is 16.0. The minimum atomic E-state index is -0.397. The van der Waals surface area contributed by atoms with Crippen LogP contribution in [0.15, 0.2) is 59.2 Å². The molecule has 0 saturated heterocycles. The third kappa shape index (κ3) is 3.71. The lowest BCUT2D eigenvalue weighted by Gasteiger charge is -2.07. The minimum absolute atomic E-state index is 0.343. The number of esters is 1. The van der Waals surface area contributed by atoms with Crippen molar-refractivity contribution in [2.45, 2.75) is 19.8 Å². The molecule has 0 radical (unpaired) electrons. The smallest absolute Gasteiger partial charge is 0.363 e. The van der Waals surface area contributed by atoms with Crippen LogP contribution in [-0.4, -0.2) is 19.0 Å². The van der Waals surface area contributed by atoms with E-state index < -0.39 is 5.97 Å². The first-order valence-electron chi connectivity index (χ1n) is 7.86. The molecule has 24 heavy (non-hydrogen) atoms. The number of para-hydroxylation sites is 1. The Morgan fingerprint density at radius 2 is 1.96 bits per heavy atom. The van der Waals surface area contributed by atoms with Crippen LogP contribution in [-0.2, 0) is 16.0 Å². The van der Waals surface area contributed by atoms with Gasteiger partial charge in [0, 0.05) is 6.42 Å². The molecule has 3 rings (SSSR count). The second kappa shape index (κ2) is 7.13. The van der Waals surface area contributed by atoms with Gasteiger partial charge < -0.3 is 9.47 Å². The van der Waals surface area contributed by atoms with E-state index in [9.17, 15) is 4.79 Å². The average molecular weight is 321 g/mol. The van der Waals surface area contributed by atoms with Crippen molar-refractivity contribution in [1.29, 1.82) is 0 Å². The van der Waals surface area contributed by atoms with Crippen LogP contribution in [0.2, 0.25) is 0 Å². The summed E-state index contributed by atoms with van der Waals surface area (Å²) in [6.07, 6.45) is 3.01. The highest BCUT2D eigenvalue weighted by atomic mass is 16.6. The van der Waals surface area contributed by atoms with Gasteiger partial charge in [-0.05, 0) is 36.6 Å². The molecule has 0 fully saturated rings. The van der Waals surface area contributed by atoms with Crippen LogP contribution in [0, 0.1) is 6.92 Å². The maximum Gasteiger partial charge on any atom is 0.363 e. The number of methoxy groups -OCH3 is 1. The molecule has 0 amide bonds. The molecule has 2 aromatic carbocycles. The first-order valence-corrected chi connectivity index (χ1v) is 7.86. The molecule has 0 spiro atoms. The summed E-state index contributed by atoms with van der Waals surface area (Å²) in [6.45, 7) is 2.01. The highest BCUT2D eigenvalue weighted by Gasteiger charge is 2.22. The van der Waals surface area contributed by atoms with Gasteiger partial charge in [-0.25, -0.2) is 9.79 Å². The van der Waals surface area contributed by atoms with Crippen molar-refractivity contribution >= 4 is 17.9 Å². The molecule has 0 saturated carbocycles. The van der Waals surface area contributed by atoms with E-state index in [1.165, 1.54) is 0 Å². The quantitative estimate of drug-likeness (QED) is 0.619. The van der Waals surface area contributed by atoms with Crippen molar-refractivity contribution in [3.63, 3.8) is 0 Å². The lowest BCUT2D eigenvalue weighted by molar-refractivity contribution is -0.130. The van der Waals surface area contributed by atoms with Crippen LogP contribution in [0.25, 0.3) is 6.08 Å². The Hall–Kier alpha value is -2.88. The molecule has 1 aliphatic rings. The molecule has 122 valence electrons. The molecule has 0 aliphatic carbocycles. The van der Waals surface area contributed by atoms with E-state index in [-0.39, 0.29) is 0 Å². The Balaban J connectivity index is 1.72. The zero-order valence-electron chi connectivity index (χ0n) is 13.8. The van der Waals surface area contributed by atoms with E-state index in [0.717, 1.165) is 22.4 Å². The summed E-state index contributed by atoms with van der Waals surface area (Å²) in [7, 11) is 1.65. The number of hydrogen-bond donors (Lipinski definition) is 0. The highest BCUT2D eigenvalue weighted by Crippen LogP contribution is 2.22. The zero-order chi connectivity index (χ0) is 16.9. The number of hydrogen-bond acceptors (Lipinski definition) is 4. The molecule has 0 atom stereocenters. The summed E-state index contributed by atoms with van der Waals surface area (Å²) in [5.41, 5.74) is 3.48. The number of rotatable bonds is 5. The number of aliphatic imine (C=N–C) groups is 1. The van der Waals surface area contributed by atoms with Gasteiger partial charge in [0.15, 0.2) is 11.6 Å². The molecular formula is C20H19NO3. The molecule has 1 aliphatic heterocycles. The van der Waals surface area contributed by atoms with E-state index in [1.807, 2.05) is 55.5 Å². The van der Waals surface area contributed by atoms with Gasteiger partial charge in [-0.1, -0.05) is 48.0 Å². The van der Waals surface area contributed by atoms with Crippen LogP contribution in [0.4, 0.5) is 0 Å². The van der Waals surface area contributed by atoms with Gasteiger partial charge in [0.25, 0.3) is 0 Å². The van der Waals surface area contributed by atoms with Gasteiger partial charge in [-0.3, -0.25) is 0 Å². The zero-order valence-corrected chi connectivity index (χ0v) is 13.8. The summed E-state index contributed by atoms with van der Waals surface area (Å²) in [6, 6.07) is 15.7. The van der Waals surface area contributed by atoms with Crippen molar-refractivity contribution < 1.29 is 14.3 Å². The van der Waals surface area contributed by atoms with E-state index in [2.05, 4.69) is 4.99 Å². The average Bonchev–Trinajstić information content (AvgIpc) is 2.93. The summed E-state index contributed by atoms with van der Waals surface area (Å²) < 4.78 is 10.6. The van der Waals surface area contributed by atoms with Gasteiger partial charge in [0.05, 0.1) is 7.11 Å². The number of carbonyl (C=O) groups excluding carboxylic acids is 1. The molecule has 2 aromatic rings. The van der Waals surface area contributed by atoms with Crippen molar-refractivity contribution in [1.82, 2.24) is 0 Å². The molecule has 0 aromatic heterocycles. The molecule has 4 heteroatoms. The summed E-state index contributed by atoms with van der Waals surface area (Å²) in [5.74, 6) is 0.884. The minimum Gasteiger partial charge on any atom is -0.496 e. The topological polar surface area (TPSA) is 47.9 Å². The van der Waals surface area contributed by atoms with Gasteiger partial charge in [-0.2, -0.15) is 0 Å². The summed E-state index contributed by atoms with van der Waals surface area (Å²) >= 11 is 0. The van der Waals surface area contributed by atoms with E-state index in [4.69, 9.17) is 9.47 Å². The highest BCUT2D eigenvalue weighted by molar-refractivity contribution is 6.07. The van der Waals surface area contributed by atoms with E-state index in [1.54, 1.807) is 13.2 Å². The number of aryl methyl sites for hydroxylation is 2. The van der Waals surface area contributed by atoms with Crippen LogP contribution in [0.5, 0.6) is 5.75 Å². The monoisotopic (exact) mass is 321 g/mol. The first-order chi connectivity index (χ1) is 11.7. The fraction of sp³-hybridized carbons (Fsp3) is 0.200. The number of ether oxygens (including phenoxy) is 2. The number of carbonyl (C=O) groups is 1. The maximum absolute atomic E-state index is 12.0. The lowest BCUT2D eigenvalue weighted by Crippen LogP contribution is -2.05. The Kier molecular flexibility index (Phi) is 4.75. The molecule has 4 nitrogen and oxygen atoms in total. The predicted octanol–water partition coefficient (Wildman–Crippen LogP) is 3.93. The largest absolute Gasteiger partial charge is 0.496 e. The summed E-state index contributed by atoms with van der Waals surface area (Å²) in [4.78, 5) is 16.3. The Labute approximate surface area is 141 Å². The molecular weight excluding hydrogens is 302 g/mol. The molecule has 0 unspecified atom stereocenters. The Morgan fingerprint density at radius 1 is 1.12 bits per heavy atom. The summed E-state index contributed by atoms with van der Waals surface area (Å²) in [5, 5.41) is 0. The van der Waals surface area contributed by atoms with Crippen LogP contribution < -0.4 is 4.74 Å². The second-order valence-corrected chi connectivity index (χ2v) is 5.65. The predicted molar refractivity (Wildman–Crippen MR) is 94.0 cm³/mol. The van der Waals surface area contributed by atoms with Crippen molar-refractivity contribution in [3.05, 3.63) is 70.9 Å². The fourth-order valence-corrected chi connectivity index (χ4v) is 2.63. The van der Waals surface area contributed by atoms with Crippen molar-refractivity contribution in [2.75, 3.05) is 7.11 Å². The SMILES string of the molecule is COc1ccccc1CCC1=N/C(=C/c2cccc(C)c2)C(=O)O1. The number of benzene rings is 2. The molecule has 1 heterocycles. The fourth-order valence-electron chi connectivity index (χ4n) is 2.63. The van der Waals surface area contributed by atoms with Crippen molar-refractivity contribution in [3.8, 4) is 5.75 Å². The van der Waals surface area contributed by atoms with Crippen LogP contribution >= 0.6 is 0 Å². The van der Waals surface area contributed by atoms with Gasteiger partial charge in [0.1, 0.15) is 5.75 Å². The number of cyclic esters (lactones) is 1. The van der Waals surface area contributed by atoms with Gasteiger partial charge in [-0.15, -0.1) is 0 Å². The molecule has 0 N–H and O–H groups in total. The van der Waals surface area contributed by atoms with Crippen molar-refractivity contribution in [2.24, 2.45) is 4.99 Å². The van der Waals surface area contributed by atoms with E-state index >= 15 is 0 Å². The van der Waals surface area contributed by atoms with Crippen LogP contribution in [0.1, 0.15) is 23.1 Å². The molecule has 0 bridgehead atoms. The maximum atomic E-state index is 12.0. The van der Waals surface area contributed by atoms with E-state index in [0.29, 0.717) is 24.4 Å². The lowest BCUT2D eigenvalue weighted by atomic mass is 10.1.